The second-order valence-electron chi connectivity index (χ2n) is 5.14. The first-order chi connectivity index (χ1) is 9.83. The van der Waals surface area contributed by atoms with Crippen molar-refractivity contribution in [2.24, 2.45) is 0 Å². The second-order valence-corrected chi connectivity index (χ2v) is 6.01. The Morgan fingerprint density at radius 2 is 2.05 bits per heavy atom. The molecule has 0 amide bonds. The van der Waals surface area contributed by atoms with Gasteiger partial charge in [-0.1, -0.05) is 13.8 Å². The fourth-order valence-electron chi connectivity index (χ4n) is 2.76. The van der Waals surface area contributed by atoms with Crippen LogP contribution in [0.15, 0.2) is 11.6 Å². The van der Waals surface area contributed by atoms with Crippen LogP contribution in [0.1, 0.15) is 19.5 Å². The van der Waals surface area contributed by atoms with Gasteiger partial charge in [-0.05, 0) is 13.1 Å². The van der Waals surface area contributed by atoms with Crippen molar-refractivity contribution in [1.29, 1.82) is 0 Å². The molecule has 3 rings (SSSR count). The second kappa shape index (κ2) is 6.11. The van der Waals surface area contributed by atoms with E-state index in [-0.39, 0.29) is 0 Å². The van der Waals surface area contributed by atoms with Gasteiger partial charge in [-0.2, -0.15) is 0 Å². The number of aromatic nitrogens is 2. The zero-order valence-electron chi connectivity index (χ0n) is 12.3. The van der Waals surface area contributed by atoms with Crippen molar-refractivity contribution in [2.45, 2.75) is 20.4 Å². The predicted octanol–water partition coefficient (Wildman–Crippen LogP) is 1.65. The summed E-state index contributed by atoms with van der Waals surface area (Å²) < 4.78 is 2.23. The number of rotatable bonds is 5. The molecule has 110 valence electrons. The highest BCUT2D eigenvalue weighted by molar-refractivity contribution is 7.15. The first-order valence-corrected chi connectivity index (χ1v) is 8.34. The predicted molar refractivity (Wildman–Crippen MR) is 84.8 cm³/mol. The zero-order valence-corrected chi connectivity index (χ0v) is 13.1. The molecular formula is C14H23N5S. The summed E-state index contributed by atoms with van der Waals surface area (Å²) in [7, 11) is 0. The Bertz CT molecular complexity index is 553. The van der Waals surface area contributed by atoms with Gasteiger partial charge in [0.1, 0.15) is 0 Å². The fraction of sp³-hybridized carbons (Fsp3) is 0.643. The van der Waals surface area contributed by atoms with Crippen LogP contribution < -0.4 is 10.2 Å². The molecule has 1 N–H and O–H groups in total. The lowest BCUT2D eigenvalue weighted by atomic mass is 10.3. The largest absolute Gasteiger partial charge is 0.352 e. The summed E-state index contributed by atoms with van der Waals surface area (Å²) in [6, 6.07) is 0. The van der Waals surface area contributed by atoms with E-state index in [0.717, 1.165) is 50.8 Å². The summed E-state index contributed by atoms with van der Waals surface area (Å²) in [6.07, 6.45) is 2.13. The average molecular weight is 293 g/mol. The van der Waals surface area contributed by atoms with Gasteiger partial charge in [0.25, 0.3) is 0 Å². The summed E-state index contributed by atoms with van der Waals surface area (Å²) in [4.78, 5) is 10.9. The molecule has 0 aromatic carbocycles. The van der Waals surface area contributed by atoms with E-state index in [9.17, 15) is 0 Å². The van der Waals surface area contributed by atoms with E-state index < -0.39 is 0 Å². The van der Waals surface area contributed by atoms with Crippen LogP contribution in [0.25, 0.3) is 4.96 Å². The minimum absolute atomic E-state index is 0.887. The SMILES string of the molecule is CCNCc1c(N2CCN(CC)CC2)nc2sccn12. The maximum atomic E-state index is 4.85. The standard InChI is InChI=1S/C14H23N5S/c1-3-15-11-12-13(16-14-19(12)9-10-20-14)18-7-5-17(4-2)6-8-18/h9-10,15H,3-8,11H2,1-2H3. The van der Waals surface area contributed by atoms with Crippen LogP contribution in [0.2, 0.25) is 0 Å². The molecular weight excluding hydrogens is 270 g/mol. The van der Waals surface area contributed by atoms with Crippen LogP contribution in [0, 0.1) is 0 Å². The van der Waals surface area contributed by atoms with E-state index in [1.54, 1.807) is 11.3 Å². The number of likely N-dealkylation sites (N-methyl/N-ethyl adjacent to an activating group) is 1. The van der Waals surface area contributed by atoms with E-state index in [4.69, 9.17) is 4.98 Å². The van der Waals surface area contributed by atoms with Crippen LogP contribution >= 0.6 is 11.3 Å². The molecule has 20 heavy (non-hydrogen) atoms. The van der Waals surface area contributed by atoms with Gasteiger partial charge in [0.05, 0.1) is 5.69 Å². The van der Waals surface area contributed by atoms with E-state index >= 15 is 0 Å². The van der Waals surface area contributed by atoms with Gasteiger partial charge >= 0.3 is 0 Å². The smallest absolute Gasteiger partial charge is 0.195 e. The molecule has 1 aliphatic heterocycles. The van der Waals surface area contributed by atoms with Crippen molar-refractivity contribution in [3.8, 4) is 0 Å². The highest BCUT2D eigenvalue weighted by atomic mass is 32.1. The monoisotopic (exact) mass is 293 g/mol. The number of imidazole rings is 1. The van der Waals surface area contributed by atoms with Crippen LogP contribution in [0.5, 0.6) is 0 Å². The van der Waals surface area contributed by atoms with Gasteiger partial charge in [0.2, 0.25) is 0 Å². The Kier molecular flexibility index (Phi) is 4.24. The minimum Gasteiger partial charge on any atom is -0.352 e. The van der Waals surface area contributed by atoms with E-state index in [1.165, 1.54) is 11.5 Å². The lowest BCUT2D eigenvalue weighted by molar-refractivity contribution is 0.270. The molecule has 2 aromatic heterocycles. The van der Waals surface area contributed by atoms with Gasteiger partial charge in [-0.15, -0.1) is 11.3 Å². The summed E-state index contributed by atoms with van der Waals surface area (Å²) in [5.41, 5.74) is 1.30. The molecule has 0 unspecified atom stereocenters. The fourth-order valence-corrected chi connectivity index (χ4v) is 3.49. The molecule has 0 spiro atoms. The topological polar surface area (TPSA) is 35.8 Å². The molecule has 2 aromatic rings. The van der Waals surface area contributed by atoms with E-state index in [2.05, 4.69) is 44.9 Å². The normalized spacial score (nSPS) is 17.2. The van der Waals surface area contributed by atoms with Gasteiger partial charge < -0.3 is 15.1 Å². The number of piperazine rings is 1. The Hall–Kier alpha value is -1.11. The van der Waals surface area contributed by atoms with Crippen molar-refractivity contribution < 1.29 is 0 Å². The maximum Gasteiger partial charge on any atom is 0.195 e. The summed E-state index contributed by atoms with van der Waals surface area (Å²) >= 11 is 1.71. The molecule has 1 saturated heterocycles. The molecule has 0 bridgehead atoms. The Morgan fingerprint density at radius 3 is 2.75 bits per heavy atom. The molecule has 1 aliphatic rings. The highest BCUT2D eigenvalue weighted by Gasteiger charge is 2.22. The number of nitrogens with one attached hydrogen (secondary N) is 1. The molecule has 0 radical (unpaired) electrons. The van der Waals surface area contributed by atoms with Crippen molar-refractivity contribution in [1.82, 2.24) is 19.6 Å². The van der Waals surface area contributed by atoms with Crippen molar-refractivity contribution in [3.63, 3.8) is 0 Å². The third-order valence-corrected chi connectivity index (χ3v) is 4.76. The molecule has 0 aliphatic carbocycles. The zero-order chi connectivity index (χ0) is 13.9. The van der Waals surface area contributed by atoms with Gasteiger partial charge in [0.15, 0.2) is 10.8 Å². The first kappa shape index (κ1) is 13.9. The average Bonchev–Trinajstić information content (AvgIpc) is 3.06. The number of nitrogens with zero attached hydrogens (tertiary/aromatic N) is 4. The molecule has 3 heterocycles. The molecule has 5 nitrogen and oxygen atoms in total. The van der Waals surface area contributed by atoms with Crippen LogP contribution in [0.3, 0.4) is 0 Å². The lowest BCUT2D eigenvalue weighted by Crippen LogP contribution is -2.46. The van der Waals surface area contributed by atoms with Crippen LogP contribution in [-0.2, 0) is 6.54 Å². The van der Waals surface area contributed by atoms with Gasteiger partial charge in [0, 0.05) is 44.3 Å². The van der Waals surface area contributed by atoms with Crippen molar-refractivity contribution in [2.75, 3.05) is 44.2 Å². The maximum absolute atomic E-state index is 4.85. The molecule has 1 fully saturated rings. The summed E-state index contributed by atoms with van der Waals surface area (Å²) in [5.74, 6) is 1.17. The van der Waals surface area contributed by atoms with Crippen LogP contribution in [0.4, 0.5) is 5.82 Å². The quantitative estimate of drug-likeness (QED) is 0.909. The summed E-state index contributed by atoms with van der Waals surface area (Å²) in [5, 5.41) is 5.55. The third kappa shape index (κ3) is 2.55. The number of fused-ring (bicyclic) bond motifs is 1. The minimum atomic E-state index is 0.887. The Balaban J connectivity index is 1.84. The van der Waals surface area contributed by atoms with Crippen molar-refractivity contribution >= 4 is 22.1 Å². The lowest BCUT2D eigenvalue weighted by Gasteiger charge is -2.34. The third-order valence-electron chi connectivity index (χ3n) is 4.00. The number of anilines is 1. The molecule has 0 atom stereocenters. The Labute approximate surface area is 124 Å². The van der Waals surface area contributed by atoms with Gasteiger partial charge in [-0.25, -0.2) is 4.98 Å². The number of thiazole rings is 1. The summed E-state index contributed by atoms with van der Waals surface area (Å²) in [6.45, 7) is 11.8. The highest BCUT2D eigenvalue weighted by Crippen LogP contribution is 2.25. The molecule has 0 saturated carbocycles. The van der Waals surface area contributed by atoms with Crippen LogP contribution in [-0.4, -0.2) is 53.6 Å². The number of hydrogen-bond donors (Lipinski definition) is 1. The number of hydrogen-bond acceptors (Lipinski definition) is 5. The van der Waals surface area contributed by atoms with E-state index in [0.29, 0.717) is 0 Å². The Morgan fingerprint density at radius 1 is 1.25 bits per heavy atom. The van der Waals surface area contributed by atoms with Gasteiger partial charge in [-0.3, -0.25) is 4.40 Å². The molecule has 6 heteroatoms. The first-order valence-electron chi connectivity index (χ1n) is 7.46. The van der Waals surface area contributed by atoms with Crippen molar-refractivity contribution in [3.05, 3.63) is 17.3 Å². The van der Waals surface area contributed by atoms with E-state index in [1.807, 2.05) is 0 Å².